The van der Waals surface area contributed by atoms with Gasteiger partial charge in [-0.1, -0.05) is 18.2 Å². The first-order valence-corrected chi connectivity index (χ1v) is 7.85. The summed E-state index contributed by atoms with van der Waals surface area (Å²) in [5.74, 6) is 0. The zero-order chi connectivity index (χ0) is 13.7. The zero-order valence-corrected chi connectivity index (χ0v) is 12.0. The van der Waals surface area contributed by atoms with Crippen LogP contribution in [0, 0.1) is 0 Å². The third-order valence-electron chi connectivity index (χ3n) is 3.32. The van der Waals surface area contributed by atoms with Gasteiger partial charge < -0.3 is 4.74 Å². The molecular formula is C13H20N2O3S. The van der Waals surface area contributed by atoms with Gasteiger partial charge >= 0.3 is 0 Å². The first-order valence-electron chi connectivity index (χ1n) is 6.41. The van der Waals surface area contributed by atoms with Gasteiger partial charge in [-0.15, -0.1) is 0 Å². The highest BCUT2D eigenvalue weighted by Crippen LogP contribution is 2.16. The molecule has 0 spiro atoms. The van der Waals surface area contributed by atoms with Crippen molar-refractivity contribution in [2.45, 2.75) is 4.90 Å². The quantitative estimate of drug-likeness (QED) is 0.796. The van der Waals surface area contributed by atoms with Gasteiger partial charge in [0.2, 0.25) is 10.0 Å². The molecule has 1 aromatic rings. The standard InChI is InChI=1S/C13H20N2O3S/c1-18-12-11-14-7-9-15(10-8-14)19(16,17)13-5-3-2-4-6-13/h2-6H,7-12H2,1H3. The van der Waals surface area contributed by atoms with Crippen molar-refractivity contribution in [3.05, 3.63) is 30.3 Å². The van der Waals surface area contributed by atoms with Crippen molar-refractivity contribution in [3.8, 4) is 0 Å². The maximum absolute atomic E-state index is 12.4. The van der Waals surface area contributed by atoms with Crippen LogP contribution in [-0.4, -0.2) is 64.1 Å². The number of hydrogen-bond acceptors (Lipinski definition) is 4. The van der Waals surface area contributed by atoms with Crippen molar-refractivity contribution in [2.75, 3.05) is 46.4 Å². The van der Waals surface area contributed by atoms with E-state index in [1.165, 1.54) is 0 Å². The van der Waals surface area contributed by atoms with Crippen LogP contribution in [0.5, 0.6) is 0 Å². The number of hydrogen-bond donors (Lipinski definition) is 0. The van der Waals surface area contributed by atoms with Crippen LogP contribution in [0.3, 0.4) is 0 Å². The van der Waals surface area contributed by atoms with Crippen LogP contribution in [0.15, 0.2) is 35.2 Å². The molecule has 0 aliphatic carbocycles. The average molecular weight is 284 g/mol. The molecule has 1 aromatic carbocycles. The SMILES string of the molecule is COCCN1CCN(S(=O)(=O)c2ccccc2)CC1. The molecule has 0 radical (unpaired) electrons. The Morgan fingerprint density at radius 1 is 1.11 bits per heavy atom. The van der Waals surface area contributed by atoms with Gasteiger partial charge in [0, 0.05) is 39.8 Å². The number of piperazine rings is 1. The summed E-state index contributed by atoms with van der Waals surface area (Å²) in [4.78, 5) is 2.60. The van der Waals surface area contributed by atoms with E-state index in [0.29, 0.717) is 24.6 Å². The molecule has 0 aromatic heterocycles. The summed E-state index contributed by atoms with van der Waals surface area (Å²) in [6, 6.07) is 8.62. The molecule has 1 fully saturated rings. The van der Waals surface area contributed by atoms with Crippen molar-refractivity contribution >= 4 is 10.0 Å². The normalized spacial score (nSPS) is 18.6. The minimum atomic E-state index is -3.33. The highest BCUT2D eigenvalue weighted by molar-refractivity contribution is 7.89. The summed E-state index contributed by atoms with van der Waals surface area (Å²) >= 11 is 0. The minimum Gasteiger partial charge on any atom is -0.383 e. The fraction of sp³-hybridized carbons (Fsp3) is 0.538. The first-order chi connectivity index (χ1) is 9.14. The molecule has 0 N–H and O–H groups in total. The Morgan fingerprint density at radius 2 is 1.74 bits per heavy atom. The van der Waals surface area contributed by atoms with Crippen LogP contribution in [0.2, 0.25) is 0 Å². The van der Waals surface area contributed by atoms with Crippen LogP contribution in [0.25, 0.3) is 0 Å². The molecule has 0 atom stereocenters. The molecule has 0 saturated carbocycles. The molecule has 0 bridgehead atoms. The third-order valence-corrected chi connectivity index (χ3v) is 5.24. The monoisotopic (exact) mass is 284 g/mol. The van der Waals surface area contributed by atoms with E-state index in [1.807, 2.05) is 6.07 Å². The van der Waals surface area contributed by atoms with Crippen molar-refractivity contribution in [1.29, 1.82) is 0 Å². The van der Waals surface area contributed by atoms with E-state index in [2.05, 4.69) is 4.90 Å². The van der Waals surface area contributed by atoms with E-state index in [-0.39, 0.29) is 0 Å². The molecule has 6 heteroatoms. The second kappa shape index (κ2) is 6.47. The molecule has 19 heavy (non-hydrogen) atoms. The molecule has 0 amide bonds. The Balaban J connectivity index is 1.98. The molecule has 1 aliphatic rings. The van der Waals surface area contributed by atoms with Gasteiger partial charge in [0.25, 0.3) is 0 Å². The summed E-state index contributed by atoms with van der Waals surface area (Å²) in [5.41, 5.74) is 0. The van der Waals surface area contributed by atoms with Crippen molar-refractivity contribution < 1.29 is 13.2 Å². The smallest absolute Gasteiger partial charge is 0.243 e. The van der Waals surface area contributed by atoms with Gasteiger partial charge in [-0.05, 0) is 12.1 Å². The summed E-state index contributed by atoms with van der Waals surface area (Å²) in [7, 11) is -1.65. The third kappa shape index (κ3) is 3.54. The minimum absolute atomic E-state index is 0.375. The molecule has 5 nitrogen and oxygen atoms in total. The summed E-state index contributed by atoms with van der Waals surface area (Å²) < 4.78 is 31.4. The predicted molar refractivity (Wildman–Crippen MR) is 73.5 cm³/mol. The van der Waals surface area contributed by atoms with Crippen molar-refractivity contribution in [2.24, 2.45) is 0 Å². The van der Waals surface area contributed by atoms with E-state index in [1.54, 1.807) is 35.7 Å². The lowest BCUT2D eigenvalue weighted by Crippen LogP contribution is -2.49. The second-order valence-corrected chi connectivity index (χ2v) is 6.49. The topological polar surface area (TPSA) is 49.9 Å². The summed E-state index contributed by atoms with van der Waals surface area (Å²) in [5, 5.41) is 0. The van der Waals surface area contributed by atoms with Gasteiger partial charge in [-0.2, -0.15) is 4.31 Å². The Hall–Kier alpha value is -0.950. The van der Waals surface area contributed by atoms with E-state index in [0.717, 1.165) is 19.6 Å². The fourth-order valence-electron chi connectivity index (χ4n) is 2.16. The van der Waals surface area contributed by atoms with Crippen molar-refractivity contribution in [3.63, 3.8) is 0 Å². The van der Waals surface area contributed by atoms with Gasteiger partial charge in [-0.3, -0.25) is 4.90 Å². The number of methoxy groups -OCH3 is 1. The highest BCUT2D eigenvalue weighted by Gasteiger charge is 2.27. The van der Waals surface area contributed by atoms with Crippen LogP contribution >= 0.6 is 0 Å². The number of nitrogens with zero attached hydrogens (tertiary/aromatic N) is 2. The molecule has 0 unspecified atom stereocenters. The Labute approximate surface area is 114 Å². The molecule has 1 heterocycles. The number of ether oxygens (including phenoxy) is 1. The van der Waals surface area contributed by atoms with Gasteiger partial charge in [-0.25, -0.2) is 8.42 Å². The largest absolute Gasteiger partial charge is 0.383 e. The van der Waals surface area contributed by atoms with E-state index in [9.17, 15) is 8.42 Å². The second-order valence-electron chi connectivity index (χ2n) is 4.55. The van der Waals surface area contributed by atoms with Gasteiger partial charge in [0.1, 0.15) is 0 Å². The molecule has 2 rings (SSSR count). The van der Waals surface area contributed by atoms with Crippen molar-refractivity contribution in [1.82, 2.24) is 9.21 Å². The lowest BCUT2D eigenvalue weighted by atomic mass is 10.3. The molecule has 1 aliphatic heterocycles. The van der Waals surface area contributed by atoms with Crippen LogP contribution in [0.4, 0.5) is 0 Å². The number of rotatable bonds is 5. The lowest BCUT2D eigenvalue weighted by molar-refractivity contribution is 0.123. The molecular weight excluding hydrogens is 264 g/mol. The Kier molecular flexibility index (Phi) is 4.93. The maximum atomic E-state index is 12.4. The van der Waals surface area contributed by atoms with Crippen LogP contribution in [0.1, 0.15) is 0 Å². The van der Waals surface area contributed by atoms with Crippen LogP contribution in [-0.2, 0) is 14.8 Å². The highest BCUT2D eigenvalue weighted by atomic mass is 32.2. The molecule has 1 saturated heterocycles. The summed E-state index contributed by atoms with van der Waals surface area (Å²) in [6.45, 7) is 4.15. The molecule has 106 valence electrons. The van der Waals surface area contributed by atoms with Gasteiger partial charge in [0.05, 0.1) is 11.5 Å². The fourth-order valence-corrected chi connectivity index (χ4v) is 3.60. The Bertz CT molecular complexity index is 482. The summed E-state index contributed by atoms with van der Waals surface area (Å²) in [6.07, 6.45) is 0. The van der Waals surface area contributed by atoms with Crippen LogP contribution < -0.4 is 0 Å². The number of sulfonamides is 1. The lowest BCUT2D eigenvalue weighted by Gasteiger charge is -2.33. The van der Waals surface area contributed by atoms with E-state index in [4.69, 9.17) is 4.74 Å². The zero-order valence-electron chi connectivity index (χ0n) is 11.2. The van der Waals surface area contributed by atoms with Gasteiger partial charge in [0.15, 0.2) is 0 Å². The van der Waals surface area contributed by atoms with E-state index < -0.39 is 10.0 Å². The first kappa shape index (κ1) is 14.5. The maximum Gasteiger partial charge on any atom is 0.243 e. The van der Waals surface area contributed by atoms with E-state index >= 15 is 0 Å². The average Bonchev–Trinajstić information content (AvgIpc) is 2.46. The predicted octanol–water partition coefficient (Wildman–Crippen LogP) is 0.639. The number of benzene rings is 1. The Morgan fingerprint density at radius 3 is 2.32 bits per heavy atom.